The molecule has 0 amide bonds. The number of nitrogens with one attached hydrogen (secondary N) is 1. The molecule has 2 heterocycles. The molecule has 0 saturated carbocycles. The summed E-state index contributed by atoms with van der Waals surface area (Å²) in [5.74, 6) is 2.63. The molecule has 118 valence electrons. The number of aryl methyl sites for hydroxylation is 1. The molecule has 0 saturated heterocycles. The van der Waals surface area contributed by atoms with Crippen LogP contribution in [0.15, 0.2) is 45.9 Å². The first-order valence-corrected chi connectivity index (χ1v) is 7.56. The molecule has 3 rings (SSSR count). The minimum Gasteiger partial charge on any atom is -0.486 e. The van der Waals surface area contributed by atoms with E-state index < -0.39 is 0 Å². The van der Waals surface area contributed by atoms with Crippen LogP contribution in [0, 0.1) is 11.7 Å². The van der Waals surface area contributed by atoms with E-state index in [1.165, 1.54) is 4.68 Å². The van der Waals surface area contributed by atoms with Crippen LogP contribution in [-0.4, -0.2) is 21.1 Å². The number of ether oxygens (including phenoxy) is 1. The fourth-order valence-corrected chi connectivity index (χ4v) is 2.28. The van der Waals surface area contributed by atoms with Crippen molar-refractivity contribution >= 4 is 30.0 Å². The molecule has 0 radical (unpaired) electrons. The molecule has 2 aromatic heterocycles. The third kappa shape index (κ3) is 3.88. The Hall–Kier alpha value is -2.38. The zero-order valence-electron chi connectivity index (χ0n) is 12.2. The topological polar surface area (TPSA) is 68.3 Å². The first kappa shape index (κ1) is 15.5. The van der Waals surface area contributed by atoms with Gasteiger partial charge in [-0.05, 0) is 49.5 Å². The molecule has 0 atom stereocenters. The van der Waals surface area contributed by atoms with E-state index in [9.17, 15) is 0 Å². The molecular formula is C15H13ClN4O2S. The lowest BCUT2D eigenvalue weighted by Gasteiger charge is -2.03. The summed E-state index contributed by atoms with van der Waals surface area (Å²) in [6.45, 7) is 2.11. The Morgan fingerprint density at radius 2 is 2.30 bits per heavy atom. The Morgan fingerprint density at radius 3 is 3.04 bits per heavy atom. The highest BCUT2D eigenvalue weighted by Crippen LogP contribution is 2.18. The third-order valence-electron chi connectivity index (χ3n) is 2.97. The van der Waals surface area contributed by atoms with E-state index in [0.29, 0.717) is 39.5 Å². The highest BCUT2D eigenvalue weighted by Gasteiger charge is 2.03. The lowest BCUT2D eigenvalue weighted by atomic mass is 10.3. The van der Waals surface area contributed by atoms with Crippen molar-refractivity contribution in [2.75, 3.05) is 0 Å². The number of aromatic amines is 1. The Labute approximate surface area is 142 Å². The molecule has 0 bridgehead atoms. The minimum atomic E-state index is 0.304. The fraction of sp³-hybridized carbons (Fsp3) is 0.133. The SMILES string of the molecule is Cc1n[nH]c(=S)n1/N=C\c1ccc(COc2cccc(Cl)c2)o1. The Morgan fingerprint density at radius 1 is 1.43 bits per heavy atom. The largest absolute Gasteiger partial charge is 0.486 e. The van der Waals surface area contributed by atoms with Gasteiger partial charge < -0.3 is 9.15 Å². The van der Waals surface area contributed by atoms with E-state index in [4.69, 9.17) is 33.0 Å². The molecule has 23 heavy (non-hydrogen) atoms. The van der Waals surface area contributed by atoms with Gasteiger partial charge in [0, 0.05) is 5.02 Å². The number of benzene rings is 1. The Kier molecular flexibility index (Phi) is 4.59. The van der Waals surface area contributed by atoms with Gasteiger partial charge in [-0.25, -0.2) is 0 Å². The number of nitrogens with zero attached hydrogens (tertiary/aromatic N) is 3. The predicted molar refractivity (Wildman–Crippen MR) is 89.6 cm³/mol. The molecule has 0 aliphatic heterocycles. The van der Waals surface area contributed by atoms with Crippen LogP contribution in [0.5, 0.6) is 5.75 Å². The van der Waals surface area contributed by atoms with E-state index in [1.807, 2.05) is 18.2 Å². The summed E-state index contributed by atoms with van der Waals surface area (Å²) in [5.41, 5.74) is 0. The molecule has 0 fully saturated rings. The summed E-state index contributed by atoms with van der Waals surface area (Å²) in [6, 6.07) is 10.8. The molecule has 0 spiro atoms. The molecule has 1 aromatic carbocycles. The number of hydrogen-bond acceptors (Lipinski definition) is 5. The molecule has 0 unspecified atom stereocenters. The van der Waals surface area contributed by atoms with Crippen molar-refractivity contribution in [3.63, 3.8) is 0 Å². The molecule has 0 aliphatic rings. The molecule has 3 aromatic rings. The summed E-state index contributed by atoms with van der Waals surface area (Å²) in [7, 11) is 0. The van der Waals surface area contributed by atoms with Gasteiger partial charge in [-0.3, -0.25) is 5.10 Å². The van der Waals surface area contributed by atoms with Gasteiger partial charge >= 0.3 is 0 Å². The molecular weight excluding hydrogens is 336 g/mol. The number of H-pyrrole nitrogens is 1. The fourth-order valence-electron chi connectivity index (χ4n) is 1.87. The predicted octanol–water partition coefficient (Wildman–Crippen LogP) is 3.96. The van der Waals surface area contributed by atoms with Crippen LogP contribution in [0.4, 0.5) is 0 Å². The summed E-state index contributed by atoms with van der Waals surface area (Å²) in [4.78, 5) is 0. The van der Waals surface area contributed by atoms with Crippen molar-refractivity contribution < 1.29 is 9.15 Å². The van der Waals surface area contributed by atoms with Crippen LogP contribution >= 0.6 is 23.8 Å². The van der Waals surface area contributed by atoms with E-state index in [0.717, 1.165) is 0 Å². The number of hydrogen-bond donors (Lipinski definition) is 1. The van der Waals surface area contributed by atoms with Crippen LogP contribution in [0.1, 0.15) is 17.3 Å². The summed E-state index contributed by atoms with van der Waals surface area (Å²) >= 11 is 11.0. The maximum absolute atomic E-state index is 5.91. The third-order valence-corrected chi connectivity index (χ3v) is 3.47. The van der Waals surface area contributed by atoms with Crippen LogP contribution in [0.3, 0.4) is 0 Å². The van der Waals surface area contributed by atoms with Crippen molar-refractivity contribution in [1.29, 1.82) is 0 Å². The smallest absolute Gasteiger partial charge is 0.216 e. The van der Waals surface area contributed by atoms with Gasteiger partial charge in [0.05, 0.1) is 6.21 Å². The van der Waals surface area contributed by atoms with Gasteiger partial charge in [0.15, 0.2) is 0 Å². The summed E-state index contributed by atoms with van der Waals surface area (Å²) in [6.07, 6.45) is 1.57. The van der Waals surface area contributed by atoms with Gasteiger partial charge in [0.25, 0.3) is 0 Å². The first-order chi connectivity index (χ1) is 11.1. The van der Waals surface area contributed by atoms with Crippen molar-refractivity contribution in [3.05, 3.63) is 63.5 Å². The van der Waals surface area contributed by atoms with Crippen LogP contribution in [0.25, 0.3) is 0 Å². The van der Waals surface area contributed by atoms with E-state index >= 15 is 0 Å². The highest BCUT2D eigenvalue weighted by molar-refractivity contribution is 7.71. The van der Waals surface area contributed by atoms with Crippen molar-refractivity contribution in [3.8, 4) is 5.75 Å². The van der Waals surface area contributed by atoms with Crippen LogP contribution in [-0.2, 0) is 6.61 Å². The Balaban J connectivity index is 1.65. The maximum Gasteiger partial charge on any atom is 0.216 e. The van der Waals surface area contributed by atoms with Gasteiger partial charge in [0.2, 0.25) is 4.77 Å². The molecule has 6 nitrogen and oxygen atoms in total. The summed E-state index contributed by atoms with van der Waals surface area (Å²) in [5, 5.41) is 11.5. The van der Waals surface area contributed by atoms with Crippen LogP contribution in [0.2, 0.25) is 5.02 Å². The highest BCUT2D eigenvalue weighted by atomic mass is 35.5. The second-order valence-corrected chi connectivity index (χ2v) is 5.51. The normalized spacial score (nSPS) is 11.2. The second-order valence-electron chi connectivity index (χ2n) is 4.68. The van der Waals surface area contributed by atoms with E-state index in [2.05, 4.69) is 15.3 Å². The van der Waals surface area contributed by atoms with Gasteiger partial charge in [-0.15, -0.1) is 0 Å². The average Bonchev–Trinajstić information content (AvgIpc) is 3.11. The molecule has 1 N–H and O–H groups in total. The standard InChI is InChI=1S/C15H13ClN4O2S/c1-10-18-19-15(23)20(10)17-8-13-5-6-14(22-13)9-21-12-4-2-3-11(16)7-12/h2-8H,9H2,1H3,(H,19,23)/b17-8-. The number of halogens is 1. The maximum atomic E-state index is 5.91. The van der Waals surface area contributed by atoms with Gasteiger partial charge in [-0.1, -0.05) is 17.7 Å². The van der Waals surface area contributed by atoms with Crippen LogP contribution < -0.4 is 4.74 Å². The number of furan rings is 1. The lowest BCUT2D eigenvalue weighted by Crippen LogP contribution is -1.94. The summed E-state index contributed by atoms with van der Waals surface area (Å²) < 4.78 is 13.2. The monoisotopic (exact) mass is 348 g/mol. The van der Waals surface area contributed by atoms with E-state index in [1.54, 1.807) is 31.3 Å². The Bertz CT molecular complexity index is 897. The average molecular weight is 349 g/mol. The quantitative estimate of drug-likeness (QED) is 0.559. The van der Waals surface area contributed by atoms with Gasteiger partial charge in [-0.2, -0.15) is 14.9 Å². The minimum absolute atomic E-state index is 0.304. The zero-order chi connectivity index (χ0) is 16.2. The lowest BCUT2D eigenvalue weighted by molar-refractivity contribution is 0.270. The molecule has 0 aliphatic carbocycles. The number of aromatic nitrogens is 3. The van der Waals surface area contributed by atoms with Crippen molar-refractivity contribution in [2.45, 2.75) is 13.5 Å². The zero-order valence-corrected chi connectivity index (χ0v) is 13.8. The van der Waals surface area contributed by atoms with E-state index in [-0.39, 0.29) is 0 Å². The second kappa shape index (κ2) is 6.80. The van der Waals surface area contributed by atoms with Gasteiger partial charge in [0.1, 0.15) is 29.7 Å². The number of rotatable bonds is 5. The van der Waals surface area contributed by atoms with Crippen molar-refractivity contribution in [1.82, 2.24) is 14.9 Å². The molecule has 8 heteroatoms. The first-order valence-electron chi connectivity index (χ1n) is 6.77. The van der Waals surface area contributed by atoms with Crippen molar-refractivity contribution in [2.24, 2.45) is 5.10 Å².